The van der Waals surface area contributed by atoms with E-state index in [9.17, 15) is 0 Å². The Morgan fingerprint density at radius 3 is 2.89 bits per heavy atom. The molecule has 0 bridgehead atoms. The maximum absolute atomic E-state index is 5.77. The minimum atomic E-state index is 0.420. The van der Waals surface area contributed by atoms with Gasteiger partial charge >= 0.3 is 0 Å². The van der Waals surface area contributed by atoms with E-state index in [1.165, 1.54) is 36.0 Å². The lowest BCUT2D eigenvalue weighted by Gasteiger charge is -2.24. The molecule has 106 valence electrons. The molecule has 1 aromatic rings. The van der Waals surface area contributed by atoms with Crippen molar-refractivity contribution in [2.24, 2.45) is 0 Å². The highest BCUT2D eigenvalue weighted by molar-refractivity contribution is 5.32. The molecule has 0 radical (unpaired) electrons. The van der Waals surface area contributed by atoms with Gasteiger partial charge in [-0.25, -0.2) is 0 Å². The normalized spacial score (nSPS) is 21.3. The zero-order valence-electron chi connectivity index (χ0n) is 12.5. The fourth-order valence-corrected chi connectivity index (χ4v) is 2.83. The summed E-state index contributed by atoms with van der Waals surface area (Å²) in [5.74, 6) is 0. The van der Waals surface area contributed by atoms with E-state index < -0.39 is 0 Å². The summed E-state index contributed by atoms with van der Waals surface area (Å²) in [6, 6.07) is 7.11. The number of hydrogen-bond acceptors (Lipinski definition) is 2. The molecule has 0 aromatic heterocycles. The van der Waals surface area contributed by atoms with Crippen LogP contribution in [-0.2, 0) is 4.74 Å². The summed E-state index contributed by atoms with van der Waals surface area (Å²) in [4.78, 5) is 0. The third kappa shape index (κ3) is 4.32. The van der Waals surface area contributed by atoms with Crippen LogP contribution in [0.3, 0.4) is 0 Å². The van der Waals surface area contributed by atoms with Crippen LogP contribution < -0.4 is 5.32 Å². The molecule has 0 amide bonds. The molecule has 2 heteroatoms. The predicted octanol–water partition coefficient (Wildman–Crippen LogP) is 3.91. The Labute approximate surface area is 117 Å². The number of hydrogen-bond donors (Lipinski definition) is 1. The van der Waals surface area contributed by atoms with Crippen LogP contribution in [0, 0.1) is 13.8 Å². The zero-order valence-corrected chi connectivity index (χ0v) is 12.5. The fourth-order valence-electron chi connectivity index (χ4n) is 2.83. The van der Waals surface area contributed by atoms with Crippen molar-refractivity contribution in [2.45, 2.75) is 58.6 Å². The largest absolute Gasteiger partial charge is 0.378 e. The summed E-state index contributed by atoms with van der Waals surface area (Å²) in [6.45, 7) is 8.60. The highest BCUT2D eigenvalue weighted by Gasteiger charge is 2.14. The van der Waals surface area contributed by atoms with Crippen LogP contribution in [-0.4, -0.2) is 19.3 Å². The molecule has 1 saturated heterocycles. The molecule has 1 fully saturated rings. The van der Waals surface area contributed by atoms with E-state index in [-0.39, 0.29) is 0 Å². The van der Waals surface area contributed by atoms with Crippen molar-refractivity contribution < 1.29 is 4.74 Å². The molecule has 2 unspecified atom stereocenters. The molecular weight excluding hydrogens is 234 g/mol. The lowest BCUT2D eigenvalue weighted by atomic mass is 9.99. The van der Waals surface area contributed by atoms with Crippen LogP contribution in [0.4, 0.5) is 0 Å². The third-order valence-electron chi connectivity index (χ3n) is 4.09. The van der Waals surface area contributed by atoms with Crippen molar-refractivity contribution in [1.82, 2.24) is 5.32 Å². The first kappa shape index (κ1) is 14.5. The van der Waals surface area contributed by atoms with Crippen molar-refractivity contribution >= 4 is 0 Å². The van der Waals surface area contributed by atoms with E-state index >= 15 is 0 Å². The van der Waals surface area contributed by atoms with E-state index in [1.54, 1.807) is 0 Å². The topological polar surface area (TPSA) is 21.3 Å². The quantitative estimate of drug-likeness (QED) is 0.867. The van der Waals surface area contributed by atoms with Crippen molar-refractivity contribution in [2.75, 3.05) is 13.2 Å². The Morgan fingerprint density at radius 2 is 2.16 bits per heavy atom. The number of benzene rings is 1. The van der Waals surface area contributed by atoms with Gasteiger partial charge < -0.3 is 10.1 Å². The van der Waals surface area contributed by atoms with Gasteiger partial charge in [-0.3, -0.25) is 0 Å². The molecule has 0 saturated carbocycles. The standard InChI is InChI=1S/C17H27NO/c1-13-7-8-14(2)17(12-13)15(3)18-10-9-16-6-4-5-11-19-16/h7-8,12,15-16,18H,4-6,9-11H2,1-3H3. The number of nitrogens with one attached hydrogen (secondary N) is 1. The Kier molecular flexibility index (Phi) is 5.41. The average molecular weight is 261 g/mol. The van der Waals surface area contributed by atoms with Crippen LogP contribution in [0.2, 0.25) is 0 Å². The molecule has 1 N–H and O–H groups in total. The van der Waals surface area contributed by atoms with Crippen LogP contribution in [0.15, 0.2) is 18.2 Å². The summed E-state index contributed by atoms with van der Waals surface area (Å²) >= 11 is 0. The molecule has 1 aliphatic heterocycles. The second-order valence-corrected chi connectivity index (χ2v) is 5.81. The Balaban J connectivity index is 1.80. The van der Waals surface area contributed by atoms with Crippen molar-refractivity contribution in [3.8, 4) is 0 Å². The zero-order chi connectivity index (χ0) is 13.7. The average Bonchev–Trinajstić information content (AvgIpc) is 2.42. The number of aryl methyl sites for hydroxylation is 2. The van der Waals surface area contributed by atoms with E-state index in [4.69, 9.17) is 4.74 Å². The van der Waals surface area contributed by atoms with Gasteiger partial charge in [-0.05, 0) is 64.1 Å². The van der Waals surface area contributed by atoms with E-state index in [0.29, 0.717) is 12.1 Å². The first-order valence-corrected chi connectivity index (χ1v) is 7.59. The second-order valence-electron chi connectivity index (χ2n) is 5.81. The van der Waals surface area contributed by atoms with Crippen LogP contribution in [0.5, 0.6) is 0 Å². The van der Waals surface area contributed by atoms with Crippen molar-refractivity contribution in [3.63, 3.8) is 0 Å². The molecule has 0 aliphatic carbocycles. The molecule has 1 aromatic carbocycles. The lowest BCUT2D eigenvalue weighted by molar-refractivity contribution is 0.0112. The van der Waals surface area contributed by atoms with Crippen LogP contribution >= 0.6 is 0 Å². The maximum atomic E-state index is 5.77. The molecule has 2 rings (SSSR count). The minimum absolute atomic E-state index is 0.420. The molecular formula is C17H27NO. The van der Waals surface area contributed by atoms with Gasteiger partial charge in [-0.1, -0.05) is 23.8 Å². The van der Waals surface area contributed by atoms with Gasteiger partial charge in [0.15, 0.2) is 0 Å². The van der Waals surface area contributed by atoms with Crippen LogP contribution in [0.1, 0.15) is 55.3 Å². The summed E-state index contributed by atoms with van der Waals surface area (Å²) in [6.07, 6.45) is 5.42. The van der Waals surface area contributed by atoms with Gasteiger partial charge in [-0.2, -0.15) is 0 Å². The highest BCUT2D eigenvalue weighted by Crippen LogP contribution is 2.20. The Bertz CT molecular complexity index is 396. The minimum Gasteiger partial charge on any atom is -0.378 e. The van der Waals surface area contributed by atoms with Crippen molar-refractivity contribution in [1.29, 1.82) is 0 Å². The lowest BCUT2D eigenvalue weighted by Crippen LogP contribution is -2.27. The molecule has 2 nitrogen and oxygen atoms in total. The molecule has 1 aliphatic rings. The van der Waals surface area contributed by atoms with Gasteiger partial charge in [0.2, 0.25) is 0 Å². The predicted molar refractivity (Wildman–Crippen MR) is 80.5 cm³/mol. The van der Waals surface area contributed by atoms with E-state index in [0.717, 1.165) is 19.6 Å². The molecule has 1 heterocycles. The van der Waals surface area contributed by atoms with Crippen molar-refractivity contribution in [3.05, 3.63) is 34.9 Å². The number of ether oxygens (including phenoxy) is 1. The number of rotatable bonds is 5. The summed E-state index contributed by atoms with van der Waals surface area (Å²) in [5.41, 5.74) is 4.13. The smallest absolute Gasteiger partial charge is 0.0587 e. The molecule has 0 spiro atoms. The first-order valence-electron chi connectivity index (χ1n) is 7.59. The maximum Gasteiger partial charge on any atom is 0.0587 e. The summed E-state index contributed by atoms with van der Waals surface area (Å²) in [5, 5.41) is 3.63. The molecule has 2 atom stereocenters. The van der Waals surface area contributed by atoms with E-state index in [1.807, 2.05) is 0 Å². The van der Waals surface area contributed by atoms with Gasteiger partial charge in [0.05, 0.1) is 6.10 Å². The third-order valence-corrected chi connectivity index (χ3v) is 4.09. The van der Waals surface area contributed by atoms with Gasteiger partial charge in [0, 0.05) is 12.6 Å². The molecule has 19 heavy (non-hydrogen) atoms. The Hall–Kier alpha value is -0.860. The van der Waals surface area contributed by atoms with Gasteiger partial charge in [0.25, 0.3) is 0 Å². The van der Waals surface area contributed by atoms with Crippen LogP contribution in [0.25, 0.3) is 0 Å². The Morgan fingerprint density at radius 1 is 1.32 bits per heavy atom. The summed E-state index contributed by atoms with van der Waals surface area (Å²) < 4.78 is 5.77. The second kappa shape index (κ2) is 7.06. The monoisotopic (exact) mass is 261 g/mol. The van der Waals surface area contributed by atoms with Gasteiger partial charge in [0.1, 0.15) is 0 Å². The van der Waals surface area contributed by atoms with E-state index in [2.05, 4.69) is 44.3 Å². The van der Waals surface area contributed by atoms with Gasteiger partial charge in [-0.15, -0.1) is 0 Å². The fraction of sp³-hybridized carbons (Fsp3) is 0.647. The SMILES string of the molecule is Cc1ccc(C)c(C(C)NCCC2CCCCO2)c1. The highest BCUT2D eigenvalue weighted by atomic mass is 16.5. The summed E-state index contributed by atoms with van der Waals surface area (Å²) in [7, 11) is 0. The first-order chi connectivity index (χ1) is 9.16.